The van der Waals surface area contributed by atoms with Crippen LogP contribution in [0, 0.1) is 10.1 Å². The average Bonchev–Trinajstić information content (AvgIpc) is 2.89. The third-order valence-corrected chi connectivity index (χ3v) is 3.15. The summed E-state index contributed by atoms with van der Waals surface area (Å²) in [4.78, 5) is 14.6. The Hall–Kier alpha value is -2.28. The number of nitro benzene ring substituents is 1. The maximum Gasteiger partial charge on any atom is 0.270 e. The molecule has 2 unspecified atom stereocenters. The van der Waals surface area contributed by atoms with Crippen molar-refractivity contribution in [1.29, 1.82) is 0 Å². The minimum Gasteiger partial charge on any atom is -0.339 e. The van der Waals surface area contributed by atoms with E-state index in [0.29, 0.717) is 17.3 Å². The van der Waals surface area contributed by atoms with Gasteiger partial charge >= 0.3 is 0 Å². The standard InChI is InChI=1S/C13H16N4O3/c1-3-11(8(2)14)13-15-12(16-20-13)9-5-4-6-10(7-9)17(18)19/h4-8,11H,3,14H2,1-2H3. The molecule has 0 aliphatic heterocycles. The van der Waals surface area contributed by atoms with Crippen LogP contribution in [0.1, 0.15) is 32.1 Å². The van der Waals surface area contributed by atoms with Crippen molar-refractivity contribution < 1.29 is 9.45 Å². The number of aromatic nitrogens is 2. The molecule has 2 atom stereocenters. The lowest BCUT2D eigenvalue weighted by Gasteiger charge is -2.13. The van der Waals surface area contributed by atoms with Crippen LogP contribution in [0.4, 0.5) is 5.69 Å². The van der Waals surface area contributed by atoms with Gasteiger partial charge in [0.1, 0.15) is 0 Å². The van der Waals surface area contributed by atoms with Crippen molar-refractivity contribution >= 4 is 5.69 Å². The smallest absolute Gasteiger partial charge is 0.270 e. The largest absolute Gasteiger partial charge is 0.339 e. The summed E-state index contributed by atoms with van der Waals surface area (Å²) in [5.74, 6) is 0.779. The molecular weight excluding hydrogens is 260 g/mol. The van der Waals surface area contributed by atoms with Gasteiger partial charge in [-0.2, -0.15) is 4.98 Å². The second-order valence-corrected chi connectivity index (χ2v) is 4.64. The van der Waals surface area contributed by atoms with Crippen molar-refractivity contribution in [2.75, 3.05) is 0 Å². The molecule has 1 aromatic carbocycles. The molecule has 0 bridgehead atoms. The first-order chi connectivity index (χ1) is 9.52. The van der Waals surface area contributed by atoms with Gasteiger partial charge in [-0.05, 0) is 13.3 Å². The molecule has 0 saturated heterocycles. The van der Waals surface area contributed by atoms with Gasteiger partial charge in [-0.1, -0.05) is 24.2 Å². The average molecular weight is 276 g/mol. The molecule has 2 rings (SSSR count). The molecule has 0 amide bonds. The molecule has 7 heteroatoms. The first kappa shape index (κ1) is 14.1. The summed E-state index contributed by atoms with van der Waals surface area (Å²) in [6.45, 7) is 3.87. The second kappa shape index (κ2) is 5.79. The molecular formula is C13H16N4O3. The minimum absolute atomic E-state index is 0.00640. The SMILES string of the molecule is CCC(c1nc(-c2cccc([N+](=O)[O-])c2)no1)C(C)N. The molecule has 0 radical (unpaired) electrons. The third kappa shape index (κ3) is 2.83. The maximum atomic E-state index is 10.8. The number of nitro groups is 1. The van der Waals surface area contributed by atoms with Crippen molar-refractivity contribution in [3.05, 3.63) is 40.3 Å². The van der Waals surface area contributed by atoms with E-state index < -0.39 is 4.92 Å². The van der Waals surface area contributed by atoms with E-state index in [-0.39, 0.29) is 17.6 Å². The minimum atomic E-state index is -0.457. The van der Waals surface area contributed by atoms with E-state index in [1.807, 2.05) is 13.8 Å². The van der Waals surface area contributed by atoms with Gasteiger partial charge < -0.3 is 10.3 Å². The fourth-order valence-corrected chi connectivity index (χ4v) is 2.03. The second-order valence-electron chi connectivity index (χ2n) is 4.64. The number of hydrogen-bond acceptors (Lipinski definition) is 6. The number of nitrogens with two attached hydrogens (primary N) is 1. The number of benzene rings is 1. The van der Waals surface area contributed by atoms with Crippen LogP contribution in [0.15, 0.2) is 28.8 Å². The van der Waals surface area contributed by atoms with E-state index in [4.69, 9.17) is 10.3 Å². The molecule has 106 valence electrons. The highest BCUT2D eigenvalue weighted by atomic mass is 16.6. The summed E-state index contributed by atoms with van der Waals surface area (Å²) in [6, 6.07) is 6.03. The third-order valence-electron chi connectivity index (χ3n) is 3.15. The van der Waals surface area contributed by atoms with E-state index >= 15 is 0 Å². The highest BCUT2D eigenvalue weighted by Crippen LogP contribution is 2.25. The molecule has 7 nitrogen and oxygen atoms in total. The quantitative estimate of drug-likeness (QED) is 0.663. The first-order valence-corrected chi connectivity index (χ1v) is 6.37. The van der Waals surface area contributed by atoms with E-state index in [2.05, 4.69) is 10.1 Å². The van der Waals surface area contributed by atoms with Gasteiger partial charge in [0, 0.05) is 23.7 Å². The van der Waals surface area contributed by atoms with Gasteiger partial charge in [0.15, 0.2) is 0 Å². The van der Waals surface area contributed by atoms with Crippen molar-refractivity contribution in [1.82, 2.24) is 10.1 Å². The lowest BCUT2D eigenvalue weighted by atomic mass is 9.99. The van der Waals surface area contributed by atoms with Crippen LogP contribution in [-0.4, -0.2) is 21.1 Å². The van der Waals surface area contributed by atoms with Crippen LogP contribution in [0.2, 0.25) is 0 Å². The Morgan fingerprint density at radius 1 is 1.50 bits per heavy atom. The number of non-ortho nitro benzene ring substituents is 1. The molecule has 0 aliphatic rings. The summed E-state index contributed by atoms with van der Waals surface area (Å²) in [5, 5.41) is 14.6. The Morgan fingerprint density at radius 2 is 2.25 bits per heavy atom. The lowest BCUT2D eigenvalue weighted by Crippen LogP contribution is -2.24. The van der Waals surface area contributed by atoms with Gasteiger partial charge in [0.05, 0.1) is 10.8 Å². The molecule has 1 aromatic heterocycles. The van der Waals surface area contributed by atoms with Gasteiger partial charge in [0.2, 0.25) is 11.7 Å². The van der Waals surface area contributed by atoms with Crippen molar-refractivity contribution in [3.63, 3.8) is 0 Å². The number of rotatable bonds is 5. The van der Waals surface area contributed by atoms with Gasteiger partial charge in [-0.3, -0.25) is 10.1 Å². The molecule has 2 N–H and O–H groups in total. The van der Waals surface area contributed by atoms with Crippen LogP contribution in [0.3, 0.4) is 0 Å². The molecule has 1 heterocycles. The van der Waals surface area contributed by atoms with Crippen LogP contribution in [-0.2, 0) is 0 Å². The van der Waals surface area contributed by atoms with Crippen molar-refractivity contribution in [2.45, 2.75) is 32.2 Å². The van der Waals surface area contributed by atoms with Crippen molar-refractivity contribution in [2.24, 2.45) is 5.73 Å². The highest BCUT2D eigenvalue weighted by Gasteiger charge is 2.22. The maximum absolute atomic E-state index is 10.8. The lowest BCUT2D eigenvalue weighted by molar-refractivity contribution is -0.384. The Morgan fingerprint density at radius 3 is 2.85 bits per heavy atom. The zero-order valence-electron chi connectivity index (χ0n) is 11.3. The summed E-state index contributed by atoms with van der Waals surface area (Å²) in [6.07, 6.45) is 0.786. The molecule has 20 heavy (non-hydrogen) atoms. The van der Waals surface area contributed by atoms with E-state index in [1.165, 1.54) is 12.1 Å². The molecule has 0 saturated carbocycles. The predicted molar refractivity (Wildman–Crippen MR) is 73.1 cm³/mol. The number of hydrogen-bond donors (Lipinski definition) is 1. The van der Waals surface area contributed by atoms with Crippen LogP contribution in [0.25, 0.3) is 11.4 Å². The zero-order valence-corrected chi connectivity index (χ0v) is 11.3. The highest BCUT2D eigenvalue weighted by molar-refractivity contribution is 5.58. The summed E-state index contributed by atoms with van der Waals surface area (Å²) >= 11 is 0. The predicted octanol–water partition coefficient (Wildman–Crippen LogP) is 2.49. The Labute approximate surface area is 115 Å². The van der Waals surface area contributed by atoms with Gasteiger partial charge in [-0.15, -0.1) is 0 Å². The first-order valence-electron chi connectivity index (χ1n) is 6.37. The molecule has 0 aliphatic carbocycles. The van der Waals surface area contributed by atoms with Crippen LogP contribution >= 0.6 is 0 Å². The van der Waals surface area contributed by atoms with Gasteiger partial charge in [0.25, 0.3) is 5.69 Å². The van der Waals surface area contributed by atoms with E-state index in [1.54, 1.807) is 12.1 Å². The fourth-order valence-electron chi connectivity index (χ4n) is 2.03. The summed E-state index contributed by atoms with van der Waals surface area (Å²) in [7, 11) is 0. The summed E-state index contributed by atoms with van der Waals surface area (Å²) < 4.78 is 5.22. The normalized spacial score (nSPS) is 13.9. The van der Waals surface area contributed by atoms with Crippen LogP contribution in [0.5, 0.6) is 0 Å². The van der Waals surface area contributed by atoms with E-state index in [9.17, 15) is 10.1 Å². The molecule has 0 spiro atoms. The van der Waals surface area contributed by atoms with Gasteiger partial charge in [-0.25, -0.2) is 0 Å². The molecule has 0 fully saturated rings. The Balaban J connectivity index is 2.33. The fraction of sp³-hybridized carbons (Fsp3) is 0.385. The monoisotopic (exact) mass is 276 g/mol. The van der Waals surface area contributed by atoms with E-state index in [0.717, 1.165) is 6.42 Å². The van der Waals surface area contributed by atoms with Crippen LogP contribution < -0.4 is 5.73 Å². The Bertz CT molecular complexity index is 609. The Kier molecular flexibility index (Phi) is 4.09. The van der Waals surface area contributed by atoms with Crippen molar-refractivity contribution in [3.8, 4) is 11.4 Å². The molecule has 2 aromatic rings. The number of nitrogens with zero attached hydrogens (tertiary/aromatic N) is 3. The topological polar surface area (TPSA) is 108 Å². The summed E-state index contributed by atoms with van der Waals surface area (Å²) in [5.41, 5.74) is 6.42. The zero-order chi connectivity index (χ0) is 14.7.